The second kappa shape index (κ2) is 7.49. The fraction of sp³-hybridized carbons (Fsp3) is 0.455. The van der Waals surface area contributed by atoms with E-state index in [1.807, 2.05) is 0 Å². The molecule has 1 unspecified atom stereocenters. The second-order valence-corrected chi connectivity index (χ2v) is 7.15. The van der Waals surface area contributed by atoms with E-state index in [0.29, 0.717) is 12.0 Å². The van der Waals surface area contributed by atoms with Crippen LogP contribution in [0, 0.1) is 0 Å². The lowest BCUT2D eigenvalue weighted by Crippen LogP contribution is -2.21. The van der Waals surface area contributed by atoms with Crippen molar-refractivity contribution in [3.05, 3.63) is 48.0 Å². The lowest BCUT2D eigenvalue weighted by atomic mass is 9.85. The van der Waals surface area contributed by atoms with Gasteiger partial charge in [0.05, 0.1) is 6.61 Å². The van der Waals surface area contributed by atoms with Crippen molar-refractivity contribution in [2.24, 2.45) is 0 Å². The number of rotatable bonds is 5. The van der Waals surface area contributed by atoms with Crippen LogP contribution in [-0.2, 0) is 0 Å². The van der Waals surface area contributed by atoms with E-state index >= 15 is 0 Å². The van der Waals surface area contributed by atoms with E-state index in [1.165, 1.54) is 35.2 Å². The summed E-state index contributed by atoms with van der Waals surface area (Å²) in [6.07, 6.45) is 4.64. The van der Waals surface area contributed by atoms with Gasteiger partial charge in [-0.15, -0.1) is 0 Å². The Morgan fingerprint density at radius 1 is 1.00 bits per heavy atom. The third-order valence-electron chi connectivity index (χ3n) is 5.50. The fourth-order valence-electron chi connectivity index (χ4n) is 4.23. The molecule has 132 valence electrons. The van der Waals surface area contributed by atoms with E-state index in [2.05, 4.69) is 60.0 Å². The summed E-state index contributed by atoms with van der Waals surface area (Å²) in [6.45, 7) is 5.20. The van der Waals surface area contributed by atoms with Gasteiger partial charge < -0.3 is 15.4 Å². The van der Waals surface area contributed by atoms with Crippen molar-refractivity contribution >= 4 is 5.69 Å². The summed E-state index contributed by atoms with van der Waals surface area (Å²) >= 11 is 0. The Balaban J connectivity index is 1.72. The molecule has 0 spiro atoms. The highest BCUT2D eigenvalue weighted by atomic mass is 16.5. The lowest BCUT2D eigenvalue weighted by Gasteiger charge is -2.19. The van der Waals surface area contributed by atoms with E-state index in [0.717, 1.165) is 38.3 Å². The first-order valence-electron chi connectivity index (χ1n) is 9.71. The Morgan fingerprint density at radius 3 is 2.76 bits per heavy atom. The van der Waals surface area contributed by atoms with Gasteiger partial charge in [0.1, 0.15) is 5.75 Å². The van der Waals surface area contributed by atoms with Gasteiger partial charge in [0.15, 0.2) is 0 Å². The smallest absolute Gasteiger partial charge is 0.127 e. The molecule has 0 amide bonds. The number of fused-ring (bicyclic) bond motifs is 3. The number of para-hydroxylation sites is 1. The number of hydrogen-bond acceptors (Lipinski definition) is 3. The Morgan fingerprint density at radius 2 is 1.84 bits per heavy atom. The molecule has 3 heteroatoms. The predicted molar refractivity (Wildman–Crippen MR) is 105 cm³/mol. The lowest BCUT2D eigenvalue weighted by molar-refractivity contribution is 0.310. The largest absolute Gasteiger partial charge is 0.493 e. The first-order valence-corrected chi connectivity index (χ1v) is 9.71. The molecule has 0 saturated carbocycles. The Kier molecular flexibility index (Phi) is 4.93. The first-order chi connectivity index (χ1) is 12.4. The van der Waals surface area contributed by atoms with E-state index in [4.69, 9.17) is 4.74 Å². The van der Waals surface area contributed by atoms with Crippen LogP contribution in [0.25, 0.3) is 11.1 Å². The zero-order valence-electron chi connectivity index (χ0n) is 15.1. The van der Waals surface area contributed by atoms with Crippen LogP contribution < -0.4 is 15.4 Å². The summed E-state index contributed by atoms with van der Waals surface area (Å²) in [5, 5.41) is 7.32. The molecule has 4 rings (SSSR count). The number of anilines is 1. The standard InChI is InChI=1S/C22H28N2O/c1-2-3-15-25-21-10-5-4-7-16(21)17-8-6-9-20-22(17)18-11-13-23-14-12-19(18)24-20/h4-10,18-19,23-24H,2-3,11-15H2,1H3/t18-,19?/m1/s1. The number of hydrogen-bond donors (Lipinski definition) is 2. The molecule has 1 fully saturated rings. The van der Waals surface area contributed by atoms with Crippen molar-refractivity contribution in [3.8, 4) is 16.9 Å². The molecular formula is C22H28N2O. The Labute approximate surface area is 150 Å². The van der Waals surface area contributed by atoms with Crippen LogP contribution in [0.4, 0.5) is 5.69 Å². The molecule has 2 heterocycles. The number of unbranched alkanes of at least 4 members (excludes halogenated alkanes) is 1. The quantitative estimate of drug-likeness (QED) is 0.770. The number of benzene rings is 2. The molecule has 1 saturated heterocycles. The monoisotopic (exact) mass is 336 g/mol. The van der Waals surface area contributed by atoms with Crippen LogP contribution >= 0.6 is 0 Å². The molecular weight excluding hydrogens is 308 g/mol. The van der Waals surface area contributed by atoms with Gasteiger partial charge in [-0.3, -0.25) is 0 Å². The van der Waals surface area contributed by atoms with Crippen molar-refractivity contribution in [3.63, 3.8) is 0 Å². The zero-order valence-corrected chi connectivity index (χ0v) is 15.1. The van der Waals surface area contributed by atoms with Crippen LogP contribution in [-0.4, -0.2) is 25.7 Å². The highest BCUT2D eigenvalue weighted by Gasteiger charge is 2.35. The fourth-order valence-corrected chi connectivity index (χ4v) is 4.23. The van der Waals surface area contributed by atoms with Crippen molar-refractivity contribution in [1.29, 1.82) is 0 Å². The molecule has 2 aliphatic rings. The molecule has 2 N–H and O–H groups in total. The van der Waals surface area contributed by atoms with Gasteiger partial charge in [0, 0.05) is 23.2 Å². The van der Waals surface area contributed by atoms with Crippen molar-refractivity contribution < 1.29 is 4.74 Å². The van der Waals surface area contributed by atoms with Gasteiger partial charge in [-0.05, 0) is 55.6 Å². The van der Waals surface area contributed by atoms with Gasteiger partial charge in [-0.2, -0.15) is 0 Å². The maximum atomic E-state index is 6.12. The second-order valence-electron chi connectivity index (χ2n) is 7.15. The molecule has 2 aromatic carbocycles. The highest BCUT2D eigenvalue weighted by Crippen LogP contribution is 2.46. The van der Waals surface area contributed by atoms with Crippen molar-refractivity contribution in [2.75, 3.05) is 25.0 Å². The molecule has 0 radical (unpaired) electrons. The van der Waals surface area contributed by atoms with Crippen LogP contribution in [0.1, 0.15) is 44.1 Å². The summed E-state index contributed by atoms with van der Waals surface area (Å²) in [7, 11) is 0. The van der Waals surface area contributed by atoms with Gasteiger partial charge in [0.2, 0.25) is 0 Å². The minimum Gasteiger partial charge on any atom is -0.493 e. The highest BCUT2D eigenvalue weighted by molar-refractivity contribution is 5.81. The average Bonchev–Trinajstić information content (AvgIpc) is 2.84. The van der Waals surface area contributed by atoms with Gasteiger partial charge in [0.25, 0.3) is 0 Å². The molecule has 25 heavy (non-hydrogen) atoms. The molecule has 0 aromatic heterocycles. The van der Waals surface area contributed by atoms with E-state index in [1.54, 1.807) is 0 Å². The minimum atomic E-state index is 0.555. The summed E-state index contributed by atoms with van der Waals surface area (Å²) in [5.74, 6) is 1.60. The molecule has 2 atom stereocenters. The molecule has 3 nitrogen and oxygen atoms in total. The number of nitrogens with one attached hydrogen (secondary N) is 2. The predicted octanol–water partition coefficient (Wildman–Crippen LogP) is 4.79. The summed E-state index contributed by atoms with van der Waals surface area (Å²) in [6, 6.07) is 15.7. The van der Waals surface area contributed by atoms with Gasteiger partial charge >= 0.3 is 0 Å². The molecule has 0 aliphatic carbocycles. The van der Waals surface area contributed by atoms with Crippen LogP contribution in [0.5, 0.6) is 5.75 Å². The summed E-state index contributed by atoms with van der Waals surface area (Å²) in [4.78, 5) is 0. The third-order valence-corrected chi connectivity index (χ3v) is 5.50. The first kappa shape index (κ1) is 16.5. The van der Waals surface area contributed by atoms with Crippen LogP contribution in [0.2, 0.25) is 0 Å². The minimum absolute atomic E-state index is 0.555. The van der Waals surface area contributed by atoms with Gasteiger partial charge in [-0.25, -0.2) is 0 Å². The van der Waals surface area contributed by atoms with E-state index in [-0.39, 0.29) is 0 Å². The SMILES string of the molecule is CCCCOc1ccccc1-c1cccc2c1[C@@H]1CCNCCC1N2. The maximum Gasteiger partial charge on any atom is 0.127 e. The third kappa shape index (κ3) is 3.25. The summed E-state index contributed by atoms with van der Waals surface area (Å²) < 4.78 is 6.12. The molecule has 2 aromatic rings. The summed E-state index contributed by atoms with van der Waals surface area (Å²) in [5.41, 5.74) is 5.38. The molecule has 2 aliphatic heterocycles. The van der Waals surface area contributed by atoms with Crippen molar-refractivity contribution in [2.45, 2.75) is 44.6 Å². The molecule has 0 bridgehead atoms. The topological polar surface area (TPSA) is 33.3 Å². The maximum absolute atomic E-state index is 6.12. The van der Waals surface area contributed by atoms with Crippen LogP contribution in [0.3, 0.4) is 0 Å². The van der Waals surface area contributed by atoms with E-state index < -0.39 is 0 Å². The average molecular weight is 336 g/mol. The Hall–Kier alpha value is -2.00. The van der Waals surface area contributed by atoms with Crippen molar-refractivity contribution in [1.82, 2.24) is 5.32 Å². The normalized spacial score (nSPS) is 21.8. The van der Waals surface area contributed by atoms with E-state index in [9.17, 15) is 0 Å². The van der Waals surface area contributed by atoms with Gasteiger partial charge in [-0.1, -0.05) is 43.7 Å². The zero-order chi connectivity index (χ0) is 17.1. The Bertz CT molecular complexity index is 728. The van der Waals surface area contributed by atoms with Crippen LogP contribution in [0.15, 0.2) is 42.5 Å². The number of ether oxygens (including phenoxy) is 1.